The van der Waals surface area contributed by atoms with Crippen LogP contribution in [0.4, 0.5) is 0 Å². The Morgan fingerprint density at radius 2 is 1.65 bits per heavy atom. The van der Waals surface area contributed by atoms with Gasteiger partial charge in [-0.15, -0.1) is 0 Å². The van der Waals surface area contributed by atoms with Gasteiger partial charge >= 0.3 is 0 Å². The first-order valence-electron chi connectivity index (χ1n) is 6.14. The number of hydrogen-bond donors (Lipinski definition) is 0. The maximum Gasteiger partial charge on any atom is 0.193 e. The lowest BCUT2D eigenvalue weighted by Gasteiger charge is -2.08. The summed E-state index contributed by atoms with van der Waals surface area (Å²) < 4.78 is 2.07. The third-order valence-corrected chi connectivity index (χ3v) is 4.56. The molecule has 0 saturated heterocycles. The Hall–Kier alpha value is -1.20. The quantitative estimate of drug-likeness (QED) is 0.386. The minimum absolute atomic E-state index is 0.0622. The second kappa shape index (κ2) is 5.66. The van der Waals surface area contributed by atoms with Gasteiger partial charge in [0.2, 0.25) is 0 Å². The van der Waals surface area contributed by atoms with Crippen LogP contribution in [0.2, 0.25) is 0 Å². The van der Waals surface area contributed by atoms with Gasteiger partial charge in [0.15, 0.2) is 5.78 Å². The fourth-order valence-corrected chi connectivity index (χ4v) is 3.27. The van der Waals surface area contributed by atoms with E-state index in [-0.39, 0.29) is 5.78 Å². The number of carbonyl (C=O) groups is 1. The standard InChI is InChI=1S/C17H10BrIO/c18-16-9-8-15(13-6-1-2-7-14(13)16)17(20)11-4-3-5-12(19)10-11/h1-10H. The van der Waals surface area contributed by atoms with Crippen LogP contribution in [-0.2, 0) is 0 Å². The molecule has 3 aromatic rings. The predicted molar refractivity (Wildman–Crippen MR) is 94.2 cm³/mol. The van der Waals surface area contributed by atoms with Crippen molar-refractivity contribution < 1.29 is 4.79 Å². The molecule has 0 aromatic heterocycles. The molecule has 0 aliphatic carbocycles. The van der Waals surface area contributed by atoms with Crippen LogP contribution >= 0.6 is 38.5 Å². The second-order valence-electron chi connectivity index (χ2n) is 4.48. The van der Waals surface area contributed by atoms with Crippen LogP contribution in [0.25, 0.3) is 10.8 Å². The summed E-state index contributed by atoms with van der Waals surface area (Å²) >= 11 is 5.76. The minimum Gasteiger partial charge on any atom is -0.289 e. The van der Waals surface area contributed by atoms with E-state index in [9.17, 15) is 4.79 Å². The summed E-state index contributed by atoms with van der Waals surface area (Å²) in [6.07, 6.45) is 0. The highest BCUT2D eigenvalue weighted by atomic mass is 127. The molecule has 0 aliphatic heterocycles. The van der Waals surface area contributed by atoms with Crippen LogP contribution in [0.5, 0.6) is 0 Å². The van der Waals surface area contributed by atoms with Crippen molar-refractivity contribution >= 4 is 55.1 Å². The summed E-state index contributed by atoms with van der Waals surface area (Å²) in [6, 6.07) is 19.4. The van der Waals surface area contributed by atoms with E-state index in [1.165, 1.54) is 0 Å². The first-order chi connectivity index (χ1) is 9.66. The van der Waals surface area contributed by atoms with Crippen molar-refractivity contribution in [2.75, 3.05) is 0 Å². The Kier molecular flexibility index (Phi) is 3.89. The van der Waals surface area contributed by atoms with Gasteiger partial charge < -0.3 is 0 Å². The molecule has 0 unspecified atom stereocenters. The molecule has 0 saturated carbocycles. The SMILES string of the molecule is O=C(c1cccc(I)c1)c1ccc(Br)c2ccccc12. The van der Waals surface area contributed by atoms with Gasteiger partial charge in [-0.3, -0.25) is 4.79 Å². The third-order valence-electron chi connectivity index (χ3n) is 3.20. The van der Waals surface area contributed by atoms with E-state index < -0.39 is 0 Å². The molecule has 0 aliphatic rings. The van der Waals surface area contributed by atoms with Crippen LogP contribution in [0.3, 0.4) is 0 Å². The molecule has 0 atom stereocenters. The maximum atomic E-state index is 12.7. The Morgan fingerprint density at radius 1 is 0.900 bits per heavy atom. The molecule has 0 fully saturated rings. The highest BCUT2D eigenvalue weighted by Crippen LogP contribution is 2.28. The zero-order valence-corrected chi connectivity index (χ0v) is 14.2. The average molecular weight is 437 g/mol. The lowest BCUT2D eigenvalue weighted by molar-refractivity contribution is 0.104. The molecule has 3 heteroatoms. The second-order valence-corrected chi connectivity index (χ2v) is 6.58. The first-order valence-corrected chi connectivity index (χ1v) is 8.01. The summed E-state index contributed by atoms with van der Waals surface area (Å²) in [5.74, 6) is 0.0622. The van der Waals surface area contributed by atoms with Crippen LogP contribution in [0, 0.1) is 3.57 Å². The summed E-state index contributed by atoms with van der Waals surface area (Å²) in [5, 5.41) is 2.04. The van der Waals surface area contributed by atoms with E-state index in [0.29, 0.717) is 0 Å². The van der Waals surface area contributed by atoms with E-state index in [4.69, 9.17) is 0 Å². The molecule has 20 heavy (non-hydrogen) atoms. The van der Waals surface area contributed by atoms with Crippen molar-refractivity contribution in [1.29, 1.82) is 0 Å². The van der Waals surface area contributed by atoms with Crippen molar-refractivity contribution in [3.63, 3.8) is 0 Å². The van der Waals surface area contributed by atoms with Crippen molar-refractivity contribution in [3.8, 4) is 0 Å². The molecular weight excluding hydrogens is 427 g/mol. The molecule has 0 N–H and O–H groups in total. The van der Waals surface area contributed by atoms with Crippen molar-refractivity contribution in [3.05, 3.63) is 79.8 Å². The van der Waals surface area contributed by atoms with Crippen LogP contribution in [-0.4, -0.2) is 5.78 Å². The van der Waals surface area contributed by atoms with Gasteiger partial charge in [-0.05, 0) is 57.6 Å². The van der Waals surface area contributed by atoms with E-state index in [2.05, 4.69) is 38.5 Å². The van der Waals surface area contributed by atoms with Crippen molar-refractivity contribution in [1.82, 2.24) is 0 Å². The number of rotatable bonds is 2. The van der Waals surface area contributed by atoms with Gasteiger partial charge in [0.05, 0.1) is 0 Å². The lowest BCUT2D eigenvalue weighted by atomic mass is 9.97. The number of halogens is 2. The minimum atomic E-state index is 0.0622. The monoisotopic (exact) mass is 436 g/mol. The summed E-state index contributed by atoms with van der Waals surface area (Å²) in [7, 11) is 0. The molecule has 3 aromatic carbocycles. The van der Waals surface area contributed by atoms with Crippen molar-refractivity contribution in [2.24, 2.45) is 0 Å². The molecular formula is C17H10BrIO. The fraction of sp³-hybridized carbons (Fsp3) is 0. The zero-order valence-electron chi connectivity index (χ0n) is 10.4. The number of benzene rings is 3. The van der Waals surface area contributed by atoms with Gasteiger partial charge in [0, 0.05) is 19.2 Å². The molecule has 0 heterocycles. The number of carbonyl (C=O) groups excluding carboxylic acids is 1. The number of ketones is 1. The first kappa shape index (κ1) is 13.8. The van der Waals surface area contributed by atoms with Gasteiger partial charge in [-0.25, -0.2) is 0 Å². The van der Waals surface area contributed by atoms with Crippen molar-refractivity contribution in [2.45, 2.75) is 0 Å². The smallest absolute Gasteiger partial charge is 0.193 e. The van der Waals surface area contributed by atoms with Crippen LogP contribution in [0.1, 0.15) is 15.9 Å². The van der Waals surface area contributed by atoms with E-state index >= 15 is 0 Å². The number of fused-ring (bicyclic) bond motifs is 1. The third kappa shape index (κ3) is 2.52. The summed E-state index contributed by atoms with van der Waals surface area (Å²) in [6.45, 7) is 0. The molecule has 0 radical (unpaired) electrons. The van der Waals surface area contributed by atoms with E-state index in [1.54, 1.807) is 0 Å². The van der Waals surface area contributed by atoms with Gasteiger partial charge in [-0.1, -0.05) is 52.3 Å². The Morgan fingerprint density at radius 3 is 2.40 bits per heavy atom. The lowest BCUT2D eigenvalue weighted by Crippen LogP contribution is -2.02. The highest BCUT2D eigenvalue weighted by Gasteiger charge is 2.13. The van der Waals surface area contributed by atoms with E-state index in [1.807, 2.05) is 60.7 Å². The summed E-state index contributed by atoms with van der Waals surface area (Å²) in [5.41, 5.74) is 1.47. The van der Waals surface area contributed by atoms with Gasteiger partial charge in [-0.2, -0.15) is 0 Å². The molecule has 0 spiro atoms. The normalized spacial score (nSPS) is 10.7. The Bertz CT molecular complexity index is 811. The van der Waals surface area contributed by atoms with Crippen LogP contribution in [0.15, 0.2) is 65.1 Å². The topological polar surface area (TPSA) is 17.1 Å². The predicted octanol–water partition coefficient (Wildman–Crippen LogP) is 5.44. The number of hydrogen-bond acceptors (Lipinski definition) is 1. The molecule has 0 bridgehead atoms. The van der Waals surface area contributed by atoms with E-state index in [0.717, 1.165) is 29.9 Å². The Balaban J connectivity index is 2.20. The van der Waals surface area contributed by atoms with Crippen LogP contribution < -0.4 is 0 Å². The average Bonchev–Trinajstić information content (AvgIpc) is 2.47. The van der Waals surface area contributed by atoms with Gasteiger partial charge in [0.25, 0.3) is 0 Å². The maximum absolute atomic E-state index is 12.7. The molecule has 3 rings (SSSR count). The zero-order chi connectivity index (χ0) is 14.1. The molecule has 98 valence electrons. The summed E-state index contributed by atoms with van der Waals surface area (Å²) in [4.78, 5) is 12.7. The Labute approximate surface area is 139 Å². The largest absolute Gasteiger partial charge is 0.289 e. The fourth-order valence-electron chi connectivity index (χ4n) is 2.25. The molecule has 0 amide bonds. The van der Waals surface area contributed by atoms with Gasteiger partial charge in [0.1, 0.15) is 0 Å². The highest BCUT2D eigenvalue weighted by molar-refractivity contribution is 14.1. The molecule has 1 nitrogen and oxygen atoms in total.